The van der Waals surface area contributed by atoms with Gasteiger partial charge in [-0.3, -0.25) is 0 Å². The molecule has 0 saturated carbocycles. The summed E-state index contributed by atoms with van der Waals surface area (Å²) in [6, 6.07) is 0.259. The normalized spacial score (nSPS) is 13.8. The van der Waals surface area contributed by atoms with Crippen LogP contribution in [0, 0.1) is 0 Å². The average Bonchev–Trinajstić information content (AvgIpc) is 2.04. The van der Waals surface area contributed by atoms with Gasteiger partial charge in [-0.15, -0.1) is 0 Å². The summed E-state index contributed by atoms with van der Waals surface area (Å²) >= 11 is 0. The van der Waals surface area contributed by atoms with Gasteiger partial charge >= 0.3 is 0 Å². The van der Waals surface area contributed by atoms with Gasteiger partial charge in [-0.05, 0) is 27.3 Å². The summed E-state index contributed by atoms with van der Waals surface area (Å²) in [5, 5.41) is 3.27. The molecular weight excluding hydrogens is 154 g/mol. The first-order valence-electron chi connectivity index (χ1n) is 4.72. The molecule has 0 radical (unpaired) electrons. The van der Waals surface area contributed by atoms with Crippen LogP contribution in [0.3, 0.4) is 0 Å². The first-order valence-corrected chi connectivity index (χ1v) is 4.72. The van der Waals surface area contributed by atoms with Gasteiger partial charge in [0, 0.05) is 13.2 Å². The summed E-state index contributed by atoms with van der Waals surface area (Å²) in [6.45, 7) is 10.4. The minimum Gasteiger partial charge on any atom is -0.351 e. The third-order valence-corrected chi connectivity index (χ3v) is 1.60. The van der Waals surface area contributed by atoms with Crippen molar-refractivity contribution in [2.45, 2.75) is 40.0 Å². The molecule has 3 nitrogen and oxygen atoms in total. The van der Waals surface area contributed by atoms with Crippen molar-refractivity contribution in [1.82, 2.24) is 5.32 Å². The molecule has 74 valence electrons. The Kier molecular flexibility index (Phi) is 7.45. The molecular formula is C9H21NO2. The number of ether oxygens (including phenoxy) is 2. The Bertz CT molecular complexity index is 92.5. The second kappa shape index (κ2) is 7.53. The van der Waals surface area contributed by atoms with Gasteiger partial charge in [-0.2, -0.15) is 0 Å². The maximum absolute atomic E-state index is 5.41. The molecule has 0 aliphatic carbocycles. The SMILES string of the molecule is CCN[C@H](C)C(OCC)OCC. The molecule has 1 atom stereocenters. The Balaban J connectivity index is 3.72. The van der Waals surface area contributed by atoms with Gasteiger partial charge in [-0.25, -0.2) is 0 Å². The quantitative estimate of drug-likeness (QED) is 0.593. The lowest BCUT2D eigenvalue weighted by atomic mass is 10.3. The van der Waals surface area contributed by atoms with E-state index < -0.39 is 0 Å². The molecule has 0 rings (SSSR count). The first kappa shape index (κ1) is 11.9. The molecule has 0 aliphatic rings. The van der Waals surface area contributed by atoms with Crippen LogP contribution in [-0.2, 0) is 9.47 Å². The molecule has 3 heteroatoms. The van der Waals surface area contributed by atoms with Gasteiger partial charge in [-0.1, -0.05) is 6.92 Å². The zero-order valence-corrected chi connectivity index (χ0v) is 8.59. The molecule has 0 saturated heterocycles. The van der Waals surface area contributed by atoms with Crippen molar-refractivity contribution in [3.05, 3.63) is 0 Å². The number of hydrogen-bond donors (Lipinski definition) is 1. The summed E-state index contributed by atoms with van der Waals surface area (Å²) in [5.74, 6) is 0. The van der Waals surface area contributed by atoms with Gasteiger partial charge < -0.3 is 14.8 Å². The summed E-state index contributed by atoms with van der Waals surface area (Å²) in [6.07, 6.45) is -0.111. The summed E-state index contributed by atoms with van der Waals surface area (Å²) in [4.78, 5) is 0. The van der Waals surface area contributed by atoms with Crippen molar-refractivity contribution in [3.8, 4) is 0 Å². The fraction of sp³-hybridized carbons (Fsp3) is 1.00. The molecule has 0 heterocycles. The van der Waals surface area contributed by atoms with E-state index in [4.69, 9.17) is 9.47 Å². The van der Waals surface area contributed by atoms with Gasteiger partial charge in [0.1, 0.15) is 0 Å². The Morgan fingerprint density at radius 1 is 1.08 bits per heavy atom. The Morgan fingerprint density at radius 3 is 1.92 bits per heavy atom. The van der Waals surface area contributed by atoms with Crippen molar-refractivity contribution in [2.75, 3.05) is 19.8 Å². The van der Waals surface area contributed by atoms with Crippen molar-refractivity contribution in [3.63, 3.8) is 0 Å². The summed E-state index contributed by atoms with van der Waals surface area (Å²) in [5.41, 5.74) is 0. The highest BCUT2D eigenvalue weighted by molar-refractivity contribution is 4.63. The highest BCUT2D eigenvalue weighted by atomic mass is 16.7. The first-order chi connectivity index (χ1) is 5.76. The maximum atomic E-state index is 5.41. The van der Waals surface area contributed by atoms with Crippen LogP contribution >= 0.6 is 0 Å². The van der Waals surface area contributed by atoms with Crippen LogP contribution in [0.2, 0.25) is 0 Å². The van der Waals surface area contributed by atoms with Crippen LogP contribution in [0.25, 0.3) is 0 Å². The number of hydrogen-bond acceptors (Lipinski definition) is 3. The van der Waals surface area contributed by atoms with Crippen molar-refractivity contribution < 1.29 is 9.47 Å². The molecule has 0 aromatic carbocycles. The van der Waals surface area contributed by atoms with Crippen LogP contribution in [0.15, 0.2) is 0 Å². The van der Waals surface area contributed by atoms with Crippen LogP contribution in [0.4, 0.5) is 0 Å². The standard InChI is InChI=1S/C9H21NO2/c1-5-10-8(4)9(11-6-2)12-7-3/h8-10H,5-7H2,1-4H3/t8-/m1/s1. The zero-order chi connectivity index (χ0) is 9.40. The number of rotatable bonds is 7. The maximum Gasteiger partial charge on any atom is 0.172 e. The van der Waals surface area contributed by atoms with Crippen molar-refractivity contribution >= 4 is 0 Å². The van der Waals surface area contributed by atoms with E-state index in [1.807, 2.05) is 13.8 Å². The van der Waals surface area contributed by atoms with Crippen LogP contribution in [-0.4, -0.2) is 32.1 Å². The molecule has 0 aromatic heterocycles. The van der Waals surface area contributed by atoms with E-state index in [1.165, 1.54) is 0 Å². The fourth-order valence-corrected chi connectivity index (χ4v) is 1.08. The third-order valence-electron chi connectivity index (χ3n) is 1.60. The average molecular weight is 175 g/mol. The number of likely N-dealkylation sites (N-methyl/N-ethyl adjacent to an activating group) is 1. The van der Waals surface area contributed by atoms with Gasteiger partial charge in [0.05, 0.1) is 6.04 Å². The van der Waals surface area contributed by atoms with Gasteiger partial charge in [0.15, 0.2) is 6.29 Å². The lowest BCUT2D eigenvalue weighted by Crippen LogP contribution is -2.40. The molecule has 0 aliphatic heterocycles. The van der Waals surface area contributed by atoms with Crippen LogP contribution in [0.5, 0.6) is 0 Å². The Morgan fingerprint density at radius 2 is 1.58 bits per heavy atom. The molecule has 1 N–H and O–H groups in total. The van der Waals surface area contributed by atoms with E-state index in [0.29, 0.717) is 13.2 Å². The minimum absolute atomic E-state index is 0.111. The van der Waals surface area contributed by atoms with E-state index in [2.05, 4.69) is 19.2 Å². The van der Waals surface area contributed by atoms with E-state index in [1.54, 1.807) is 0 Å². The zero-order valence-electron chi connectivity index (χ0n) is 8.59. The monoisotopic (exact) mass is 175 g/mol. The van der Waals surface area contributed by atoms with E-state index in [9.17, 15) is 0 Å². The van der Waals surface area contributed by atoms with E-state index in [0.717, 1.165) is 6.54 Å². The molecule has 0 aromatic rings. The molecule has 0 spiro atoms. The summed E-state index contributed by atoms with van der Waals surface area (Å²) in [7, 11) is 0. The molecule has 0 unspecified atom stereocenters. The number of nitrogens with one attached hydrogen (secondary N) is 1. The molecule has 12 heavy (non-hydrogen) atoms. The van der Waals surface area contributed by atoms with Crippen molar-refractivity contribution in [2.24, 2.45) is 0 Å². The Hall–Kier alpha value is -0.120. The van der Waals surface area contributed by atoms with Crippen LogP contribution in [0.1, 0.15) is 27.7 Å². The molecule has 0 amide bonds. The van der Waals surface area contributed by atoms with Crippen LogP contribution < -0.4 is 5.32 Å². The topological polar surface area (TPSA) is 30.5 Å². The second-order valence-corrected chi connectivity index (χ2v) is 2.63. The highest BCUT2D eigenvalue weighted by Gasteiger charge is 2.15. The highest BCUT2D eigenvalue weighted by Crippen LogP contribution is 2.01. The molecule has 0 bridgehead atoms. The summed E-state index contributed by atoms with van der Waals surface area (Å²) < 4.78 is 10.8. The predicted octanol–water partition coefficient (Wildman–Crippen LogP) is 1.38. The smallest absolute Gasteiger partial charge is 0.172 e. The minimum atomic E-state index is -0.111. The second-order valence-electron chi connectivity index (χ2n) is 2.63. The van der Waals surface area contributed by atoms with Gasteiger partial charge in [0.25, 0.3) is 0 Å². The van der Waals surface area contributed by atoms with Gasteiger partial charge in [0.2, 0.25) is 0 Å². The lowest BCUT2D eigenvalue weighted by molar-refractivity contribution is -0.150. The van der Waals surface area contributed by atoms with E-state index in [-0.39, 0.29) is 12.3 Å². The largest absolute Gasteiger partial charge is 0.351 e. The van der Waals surface area contributed by atoms with E-state index >= 15 is 0 Å². The molecule has 0 fully saturated rings. The fourth-order valence-electron chi connectivity index (χ4n) is 1.08. The lowest BCUT2D eigenvalue weighted by Gasteiger charge is -2.23. The predicted molar refractivity (Wildman–Crippen MR) is 50.2 cm³/mol. The Labute approximate surface area is 75.4 Å². The van der Waals surface area contributed by atoms with Crippen molar-refractivity contribution in [1.29, 1.82) is 0 Å². The third kappa shape index (κ3) is 4.70.